The number of aromatic nitrogens is 1. The summed E-state index contributed by atoms with van der Waals surface area (Å²) in [5.41, 5.74) is 2.06. The number of benzene rings is 1. The van der Waals surface area contributed by atoms with Crippen LogP contribution in [0.3, 0.4) is 0 Å². The van der Waals surface area contributed by atoms with Gasteiger partial charge in [-0.1, -0.05) is 36.8 Å². The van der Waals surface area contributed by atoms with Crippen LogP contribution in [0.2, 0.25) is 0 Å². The summed E-state index contributed by atoms with van der Waals surface area (Å²) >= 11 is 0. The van der Waals surface area contributed by atoms with Gasteiger partial charge in [0, 0.05) is 24.5 Å². The molecule has 0 N–H and O–H groups in total. The third-order valence-electron chi connectivity index (χ3n) is 5.98. The highest BCUT2D eigenvalue weighted by atomic mass is 19.1. The van der Waals surface area contributed by atoms with Crippen LogP contribution in [-0.2, 0) is 6.54 Å². The molecule has 0 aliphatic carbocycles. The maximum absolute atomic E-state index is 13.5. The molecule has 1 aromatic heterocycles. The summed E-state index contributed by atoms with van der Waals surface area (Å²) in [5, 5.41) is 0. The first-order valence-electron chi connectivity index (χ1n) is 9.59. The van der Waals surface area contributed by atoms with Crippen LogP contribution >= 0.6 is 0 Å². The molecular formula is C22H25FN2O. The fourth-order valence-electron chi connectivity index (χ4n) is 4.64. The maximum Gasteiger partial charge on any atom is 0.184 e. The number of pyridine rings is 1. The van der Waals surface area contributed by atoms with Gasteiger partial charge in [-0.05, 0) is 50.3 Å². The van der Waals surface area contributed by atoms with Crippen molar-refractivity contribution in [3.63, 3.8) is 0 Å². The lowest BCUT2D eigenvalue weighted by molar-refractivity contribution is 0.00891. The normalized spacial score (nSPS) is 25.8. The molecule has 2 aliphatic rings. The topological polar surface area (TPSA) is 33.2 Å². The lowest BCUT2D eigenvalue weighted by atomic mass is 9.76. The number of carbonyl (C=O) groups excluding carboxylic acids is 1. The lowest BCUT2D eigenvalue weighted by Crippen LogP contribution is -2.52. The van der Waals surface area contributed by atoms with Gasteiger partial charge in [-0.3, -0.25) is 9.69 Å². The van der Waals surface area contributed by atoms with Gasteiger partial charge in [0.25, 0.3) is 0 Å². The van der Waals surface area contributed by atoms with Gasteiger partial charge in [-0.2, -0.15) is 0 Å². The SMILES string of the molecule is Cc1nc(C(=O)C2CC3CCCC(C2)N3Cc2ccccc2)ccc1F. The quantitative estimate of drug-likeness (QED) is 0.757. The third kappa shape index (κ3) is 3.43. The number of hydrogen-bond donors (Lipinski definition) is 0. The number of aryl methyl sites for hydroxylation is 1. The Morgan fingerprint density at radius 2 is 1.81 bits per heavy atom. The number of Topliss-reactive ketones (excluding diaryl/α,β-unsaturated/α-hetero) is 1. The van der Waals surface area contributed by atoms with E-state index in [1.807, 2.05) is 6.07 Å². The predicted octanol–water partition coefficient (Wildman–Crippen LogP) is 4.55. The Labute approximate surface area is 154 Å². The zero-order chi connectivity index (χ0) is 18.1. The van der Waals surface area contributed by atoms with E-state index in [0.29, 0.717) is 23.5 Å². The fraction of sp³-hybridized carbons (Fsp3) is 0.455. The van der Waals surface area contributed by atoms with Crippen molar-refractivity contribution in [1.82, 2.24) is 9.88 Å². The van der Waals surface area contributed by atoms with Crippen LogP contribution in [0.15, 0.2) is 42.5 Å². The molecule has 0 spiro atoms. The van der Waals surface area contributed by atoms with Gasteiger partial charge in [-0.25, -0.2) is 9.37 Å². The Morgan fingerprint density at radius 1 is 1.12 bits per heavy atom. The molecule has 3 nitrogen and oxygen atoms in total. The van der Waals surface area contributed by atoms with Crippen LogP contribution in [0.25, 0.3) is 0 Å². The van der Waals surface area contributed by atoms with E-state index in [2.05, 4.69) is 34.1 Å². The minimum atomic E-state index is -0.351. The Hall–Kier alpha value is -2.07. The van der Waals surface area contributed by atoms with Crippen molar-refractivity contribution >= 4 is 5.78 Å². The molecule has 2 aromatic rings. The second kappa shape index (κ2) is 7.28. The molecule has 136 valence electrons. The number of ketones is 1. The number of hydrogen-bond acceptors (Lipinski definition) is 3. The number of nitrogens with zero attached hydrogens (tertiary/aromatic N) is 2. The number of fused-ring (bicyclic) bond motifs is 2. The summed E-state index contributed by atoms with van der Waals surface area (Å²) in [6, 6.07) is 14.4. The molecule has 2 aliphatic heterocycles. The van der Waals surface area contributed by atoms with Crippen molar-refractivity contribution < 1.29 is 9.18 Å². The maximum atomic E-state index is 13.5. The Morgan fingerprint density at radius 3 is 2.46 bits per heavy atom. The highest BCUT2D eigenvalue weighted by Gasteiger charge is 2.40. The molecule has 0 saturated carbocycles. The first-order valence-corrected chi connectivity index (χ1v) is 9.59. The highest BCUT2D eigenvalue weighted by Crippen LogP contribution is 2.39. The van der Waals surface area contributed by atoms with Crippen LogP contribution in [0.5, 0.6) is 0 Å². The summed E-state index contributed by atoms with van der Waals surface area (Å²) < 4.78 is 13.5. The molecule has 2 unspecified atom stereocenters. The van der Waals surface area contributed by atoms with Crippen molar-refractivity contribution in [2.24, 2.45) is 5.92 Å². The van der Waals surface area contributed by atoms with Gasteiger partial charge in [0.05, 0.1) is 5.69 Å². The molecule has 2 bridgehead atoms. The van der Waals surface area contributed by atoms with Gasteiger partial charge in [0.15, 0.2) is 5.78 Å². The lowest BCUT2D eigenvalue weighted by Gasteiger charge is -2.48. The third-order valence-corrected chi connectivity index (χ3v) is 5.98. The van der Waals surface area contributed by atoms with E-state index in [9.17, 15) is 9.18 Å². The molecule has 4 rings (SSSR count). The highest BCUT2D eigenvalue weighted by molar-refractivity contribution is 5.96. The molecule has 4 heteroatoms. The molecule has 0 amide bonds. The van der Waals surface area contributed by atoms with Crippen LogP contribution in [-0.4, -0.2) is 27.8 Å². The molecular weight excluding hydrogens is 327 g/mol. The van der Waals surface area contributed by atoms with Gasteiger partial charge in [0.1, 0.15) is 11.5 Å². The average Bonchev–Trinajstić information content (AvgIpc) is 2.64. The fourth-order valence-corrected chi connectivity index (χ4v) is 4.64. The largest absolute Gasteiger partial charge is 0.293 e. The van der Waals surface area contributed by atoms with E-state index in [4.69, 9.17) is 0 Å². The minimum absolute atomic E-state index is 0.00897. The van der Waals surface area contributed by atoms with Gasteiger partial charge < -0.3 is 0 Å². The van der Waals surface area contributed by atoms with E-state index < -0.39 is 0 Å². The zero-order valence-electron chi connectivity index (χ0n) is 15.2. The molecule has 2 atom stereocenters. The summed E-state index contributed by atoms with van der Waals surface area (Å²) in [4.78, 5) is 19.7. The summed E-state index contributed by atoms with van der Waals surface area (Å²) in [6.45, 7) is 2.58. The van der Waals surface area contributed by atoms with Crippen molar-refractivity contribution in [3.05, 3.63) is 65.2 Å². The second-order valence-electron chi connectivity index (χ2n) is 7.69. The smallest absolute Gasteiger partial charge is 0.184 e. The van der Waals surface area contributed by atoms with Crippen molar-refractivity contribution in [3.8, 4) is 0 Å². The number of rotatable bonds is 4. The van der Waals surface area contributed by atoms with E-state index in [1.165, 1.54) is 24.1 Å². The molecule has 1 aromatic carbocycles. The number of carbonyl (C=O) groups is 1. The predicted molar refractivity (Wildman–Crippen MR) is 99.4 cm³/mol. The van der Waals surface area contributed by atoms with Crippen molar-refractivity contribution in [2.75, 3.05) is 0 Å². The summed E-state index contributed by atoms with van der Waals surface area (Å²) in [7, 11) is 0. The van der Waals surface area contributed by atoms with Crippen LogP contribution in [0.4, 0.5) is 4.39 Å². The molecule has 26 heavy (non-hydrogen) atoms. The first-order chi connectivity index (χ1) is 12.6. The second-order valence-corrected chi connectivity index (χ2v) is 7.69. The number of halogens is 1. The average molecular weight is 352 g/mol. The van der Waals surface area contributed by atoms with Crippen LogP contribution in [0, 0.1) is 18.7 Å². The van der Waals surface area contributed by atoms with Crippen molar-refractivity contribution in [1.29, 1.82) is 0 Å². The van der Waals surface area contributed by atoms with Gasteiger partial charge in [0.2, 0.25) is 0 Å². The standard InChI is InChI=1S/C22H25FN2O/c1-15-20(23)10-11-21(24-15)22(26)17-12-18-8-5-9-19(13-17)25(18)14-16-6-3-2-4-7-16/h2-4,6-7,10-11,17-19H,5,8-9,12-14H2,1H3. The number of piperidine rings is 2. The zero-order valence-corrected chi connectivity index (χ0v) is 15.2. The van der Waals surface area contributed by atoms with Gasteiger partial charge in [-0.15, -0.1) is 0 Å². The molecule has 0 radical (unpaired) electrons. The Bertz CT molecular complexity index is 778. The Kier molecular flexibility index (Phi) is 4.86. The van der Waals surface area contributed by atoms with Gasteiger partial charge >= 0.3 is 0 Å². The van der Waals surface area contributed by atoms with E-state index >= 15 is 0 Å². The molecule has 2 fully saturated rings. The summed E-state index contributed by atoms with van der Waals surface area (Å²) in [6.07, 6.45) is 5.34. The van der Waals surface area contributed by atoms with E-state index in [0.717, 1.165) is 32.2 Å². The molecule has 3 heterocycles. The first kappa shape index (κ1) is 17.3. The van der Waals surface area contributed by atoms with E-state index in [-0.39, 0.29) is 17.5 Å². The minimum Gasteiger partial charge on any atom is -0.293 e. The van der Waals surface area contributed by atoms with Crippen LogP contribution in [0.1, 0.15) is 53.8 Å². The summed E-state index contributed by atoms with van der Waals surface area (Å²) in [5.74, 6) is -0.254. The molecule has 2 saturated heterocycles. The monoisotopic (exact) mass is 352 g/mol. The Balaban J connectivity index is 1.50. The van der Waals surface area contributed by atoms with Crippen molar-refractivity contribution in [2.45, 2.75) is 57.7 Å². The van der Waals surface area contributed by atoms with E-state index in [1.54, 1.807) is 6.92 Å². The van der Waals surface area contributed by atoms with Crippen LogP contribution < -0.4 is 0 Å².